The van der Waals surface area contributed by atoms with Gasteiger partial charge in [-0.2, -0.15) is 4.98 Å². The van der Waals surface area contributed by atoms with Gasteiger partial charge in [0.15, 0.2) is 5.82 Å². The summed E-state index contributed by atoms with van der Waals surface area (Å²) in [6.45, 7) is 7.34. The highest BCUT2D eigenvalue weighted by atomic mass is 16.5. The van der Waals surface area contributed by atoms with Gasteiger partial charge in [-0.15, -0.1) is 0 Å². The van der Waals surface area contributed by atoms with Gasteiger partial charge >= 0.3 is 0 Å². The zero-order valence-corrected chi connectivity index (χ0v) is 14.2. The fraction of sp³-hybridized carbons (Fsp3) is 0.800. The van der Waals surface area contributed by atoms with Crippen molar-refractivity contribution in [2.75, 3.05) is 53.5 Å². The molecule has 1 atom stereocenters. The molecule has 8 heteroatoms. The van der Waals surface area contributed by atoms with Crippen molar-refractivity contribution in [2.24, 2.45) is 0 Å². The van der Waals surface area contributed by atoms with Gasteiger partial charge in [0, 0.05) is 52.7 Å². The smallest absolute Gasteiger partial charge is 0.248 e. The van der Waals surface area contributed by atoms with E-state index in [1.54, 1.807) is 7.11 Å². The molecule has 1 fully saturated rings. The van der Waals surface area contributed by atoms with Crippen LogP contribution in [0.25, 0.3) is 0 Å². The molecule has 0 unspecified atom stereocenters. The normalized spacial score (nSPS) is 18.0. The summed E-state index contributed by atoms with van der Waals surface area (Å²) in [4.78, 5) is 20.9. The van der Waals surface area contributed by atoms with Gasteiger partial charge in [0.25, 0.3) is 0 Å². The van der Waals surface area contributed by atoms with Crippen LogP contribution in [-0.4, -0.2) is 79.3 Å². The highest BCUT2D eigenvalue weighted by Crippen LogP contribution is 2.10. The number of hydrogen-bond acceptors (Lipinski definition) is 7. The van der Waals surface area contributed by atoms with E-state index in [1.165, 1.54) is 0 Å². The molecular formula is C15H27N5O3. The van der Waals surface area contributed by atoms with Crippen molar-refractivity contribution in [3.05, 3.63) is 11.7 Å². The Hall–Kier alpha value is -1.51. The van der Waals surface area contributed by atoms with Gasteiger partial charge in [-0.3, -0.25) is 4.79 Å². The second kappa shape index (κ2) is 8.95. The number of piperazine rings is 1. The highest BCUT2D eigenvalue weighted by Gasteiger charge is 2.18. The van der Waals surface area contributed by atoms with E-state index in [-0.39, 0.29) is 11.9 Å². The number of ether oxygens (including phenoxy) is 1. The van der Waals surface area contributed by atoms with Crippen molar-refractivity contribution >= 4 is 5.91 Å². The summed E-state index contributed by atoms with van der Waals surface area (Å²) >= 11 is 0. The number of nitrogens with one attached hydrogen (secondary N) is 1. The molecule has 2 rings (SSSR count). The summed E-state index contributed by atoms with van der Waals surface area (Å²) in [5.41, 5.74) is 0. The summed E-state index contributed by atoms with van der Waals surface area (Å²) < 4.78 is 10.2. The van der Waals surface area contributed by atoms with E-state index in [4.69, 9.17) is 9.26 Å². The van der Waals surface area contributed by atoms with E-state index in [2.05, 4.69) is 32.3 Å². The Bertz CT molecular complexity index is 485. The van der Waals surface area contributed by atoms with Crippen LogP contribution >= 0.6 is 0 Å². The molecule has 130 valence electrons. The van der Waals surface area contributed by atoms with Crippen LogP contribution in [0.15, 0.2) is 4.52 Å². The largest absolute Gasteiger partial charge is 0.384 e. The maximum atomic E-state index is 12.1. The second-order valence-corrected chi connectivity index (χ2v) is 5.98. The van der Waals surface area contributed by atoms with Crippen molar-refractivity contribution in [1.29, 1.82) is 0 Å². The maximum absolute atomic E-state index is 12.1. The third-order valence-electron chi connectivity index (χ3n) is 4.01. The lowest BCUT2D eigenvalue weighted by Crippen LogP contribution is -2.45. The van der Waals surface area contributed by atoms with Crippen LogP contribution in [-0.2, 0) is 16.0 Å². The molecule has 2 heterocycles. The minimum Gasteiger partial charge on any atom is -0.384 e. The minimum absolute atomic E-state index is 0.00747. The van der Waals surface area contributed by atoms with Crippen molar-refractivity contribution in [3.63, 3.8) is 0 Å². The third-order valence-corrected chi connectivity index (χ3v) is 4.01. The van der Waals surface area contributed by atoms with Crippen LogP contribution in [0, 0.1) is 0 Å². The number of carbonyl (C=O) groups is 1. The summed E-state index contributed by atoms with van der Waals surface area (Å²) in [7, 11) is 3.75. The Morgan fingerprint density at radius 3 is 2.83 bits per heavy atom. The van der Waals surface area contributed by atoms with Crippen molar-refractivity contribution in [1.82, 2.24) is 25.3 Å². The zero-order chi connectivity index (χ0) is 16.7. The van der Waals surface area contributed by atoms with Crippen LogP contribution in [0.4, 0.5) is 0 Å². The molecule has 0 spiro atoms. The fourth-order valence-electron chi connectivity index (χ4n) is 2.44. The molecule has 0 bridgehead atoms. The minimum atomic E-state index is -0.279. The van der Waals surface area contributed by atoms with Crippen molar-refractivity contribution in [3.8, 4) is 0 Å². The molecule has 0 aliphatic carbocycles. The van der Waals surface area contributed by atoms with Gasteiger partial charge in [-0.05, 0) is 14.0 Å². The molecule has 1 aliphatic heterocycles. The lowest BCUT2D eigenvalue weighted by atomic mass is 10.2. The number of methoxy groups -OCH3 is 1. The van der Waals surface area contributed by atoms with Gasteiger partial charge in [0.2, 0.25) is 11.8 Å². The number of rotatable bonds is 8. The summed E-state index contributed by atoms with van der Waals surface area (Å²) in [6, 6.07) is -0.279. The first-order valence-electron chi connectivity index (χ1n) is 8.10. The molecule has 0 radical (unpaired) electrons. The Morgan fingerprint density at radius 2 is 2.13 bits per heavy atom. The molecule has 1 amide bonds. The maximum Gasteiger partial charge on any atom is 0.248 e. The molecule has 1 aromatic heterocycles. The monoisotopic (exact) mass is 325 g/mol. The lowest BCUT2D eigenvalue weighted by molar-refractivity contribution is -0.122. The van der Waals surface area contributed by atoms with Crippen LogP contribution < -0.4 is 5.32 Å². The van der Waals surface area contributed by atoms with Crippen LogP contribution in [0.2, 0.25) is 0 Å². The predicted molar refractivity (Wildman–Crippen MR) is 85.0 cm³/mol. The molecule has 23 heavy (non-hydrogen) atoms. The molecule has 1 N–H and O–H groups in total. The van der Waals surface area contributed by atoms with Gasteiger partial charge in [0.05, 0.1) is 6.61 Å². The van der Waals surface area contributed by atoms with E-state index in [9.17, 15) is 4.79 Å². The molecule has 0 aromatic carbocycles. The number of amides is 1. The van der Waals surface area contributed by atoms with E-state index in [1.807, 2.05) is 6.92 Å². The third kappa shape index (κ3) is 5.89. The van der Waals surface area contributed by atoms with Gasteiger partial charge in [-0.1, -0.05) is 5.16 Å². The topological polar surface area (TPSA) is 83.7 Å². The Kier molecular flexibility index (Phi) is 6.94. The molecule has 1 aromatic rings. The first-order valence-corrected chi connectivity index (χ1v) is 8.10. The Labute approximate surface area is 137 Å². The second-order valence-electron chi connectivity index (χ2n) is 5.98. The van der Waals surface area contributed by atoms with Crippen LogP contribution in [0.1, 0.15) is 31.1 Å². The Morgan fingerprint density at radius 1 is 1.39 bits per heavy atom. The highest BCUT2D eigenvalue weighted by molar-refractivity contribution is 5.76. The molecule has 8 nitrogen and oxygen atoms in total. The van der Waals surface area contributed by atoms with Gasteiger partial charge in [-0.25, -0.2) is 0 Å². The molecular weight excluding hydrogens is 298 g/mol. The van der Waals surface area contributed by atoms with Gasteiger partial charge in [0.1, 0.15) is 6.04 Å². The molecule has 0 saturated carbocycles. The zero-order valence-electron chi connectivity index (χ0n) is 14.2. The predicted octanol–water partition coefficient (Wildman–Crippen LogP) is 0.0732. The van der Waals surface area contributed by atoms with E-state index in [0.29, 0.717) is 31.2 Å². The van der Waals surface area contributed by atoms with Gasteiger partial charge < -0.3 is 24.4 Å². The number of hydrogen-bond donors (Lipinski definition) is 1. The lowest BCUT2D eigenvalue weighted by Gasteiger charge is -2.32. The van der Waals surface area contributed by atoms with Crippen molar-refractivity contribution < 1.29 is 14.1 Å². The van der Waals surface area contributed by atoms with E-state index < -0.39 is 0 Å². The van der Waals surface area contributed by atoms with Crippen LogP contribution in [0.5, 0.6) is 0 Å². The summed E-state index contributed by atoms with van der Waals surface area (Å²) in [6.07, 6.45) is 1.09. The Balaban J connectivity index is 1.70. The summed E-state index contributed by atoms with van der Waals surface area (Å²) in [5, 5.41) is 6.79. The number of likely N-dealkylation sites (N-methyl/N-ethyl adjacent to an activating group) is 1. The standard InChI is InChI=1S/C15H27N5O3/c1-12(15-17-13(18-23-15)5-11-22-3)16-14(21)4-6-20-9-7-19(2)8-10-20/h12H,4-11H2,1-3H3,(H,16,21)/t12-/m0/s1. The average Bonchev–Trinajstić information content (AvgIpc) is 3.01. The van der Waals surface area contributed by atoms with E-state index >= 15 is 0 Å². The fourth-order valence-corrected chi connectivity index (χ4v) is 2.44. The quantitative estimate of drug-likeness (QED) is 0.724. The molecule has 1 saturated heterocycles. The van der Waals surface area contributed by atoms with Crippen molar-refractivity contribution in [2.45, 2.75) is 25.8 Å². The summed E-state index contributed by atoms with van der Waals surface area (Å²) in [5.74, 6) is 1.04. The van der Waals surface area contributed by atoms with Crippen LogP contribution in [0.3, 0.4) is 0 Å². The first kappa shape index (κ1) is 17.8. The number of aromatic nitrogens is 2. The number of carbonyl (C=O) groups excluding carboxylic acids is 1. The van der Waals surface area contributed by atoms with E-state index in [0.717, 1.165) is 32.7 Å². The average molecular weight is 325 g/mol. The number of nitrogens with zero attached hydrogens (tertiary/aromatic N) is 4. The molecule has 1 aliphatic rings. The first-order chi connectivity index (χ1) is 11.1. The SMILES string of the molecule is COCCc1noc([C@H](C)NC(=O)CCN2CCN(C)CC2)n1.